The van der Waals surface area contributed by atoms with Crippen molar-refractivity contribution in [1.29, 1.82) is 0 Å². The molecule has 1 atom stereocenters. The largest absolute Gasteiger partial charge is 0.329 e. The topological polar surface area (TPSA) is 76.3 Å². The van der Waals surface area contributed by atoms with Gasteiger partial charge in [-0.1, -0.05) is 13.0 Å². The van der Waals surface area contributed by atoms with E-state index in [1.807, 2.05) is 25.1 Å². The average Bonchev–Trinajstić information content (AvgIpc) is 2.44. The van der Waals surface area contributed by atoms with E-state index in [-0.39, 0.29) is 11.5 Å². The molecular formula is C14H23N3O2S. The number of aromatic nitrogens is 1. The Kier molecular flexibility index (Phi) is 4.78. The maximum absolute atomic E-state index is 12.0. The molecule has 112 valence electrons. The summed E-state index contributed by atoms with van der Waals surface area (Å²) in [4.78, 5) is 6.50. The molecule has 1 aliphatic rings. The Hall–Kier alpha value is -0.980. The Bertz CT molecular complexity index is 533. The smallest absolute Gasteiger partial charge is 0.152 e. The average molecular weight is 297 g/mol. The maximum Gasteiger partial charge on any atom is 0.152 e. The summed E-state index contributed by atoms with van der Waals surface area (Å²) in [5.74, 6) is 0.451. The van der Waals surface area contributed by atoms with Gasteiger partial charge in [-0.05, 0) is 31.5 Å². The van der Waals surface area contributed by atoms with E-state index in [2.05, 4.69) is 9.88 Å². The van der Waals surface area contributed by atoms with E-state index < -0.39 is 15.4 Å². The zero-order chi connectivity index (χ0) is 14.6. The Balaban J connectivity index is 2.23. The van der Waals surface area contributed by atoms with E-state index in [1.54, 1.807) is 6.20 Å². The maximum atomic E-state index is 12.0. The second-order valence-corrected chi connectivity index (χ2v) is 7.64. The predicted molar refractivity (Wildman–Crippen MR) is 80.0 cm³/mol. The second kappa shape index (κ2) is 6.20. The van der Waals surface area contributed by atoms with E-state index in [4.69, 9.17) is 5.73 Å². The highest BCUT2D eigenvalue weighted by Gasteiger charge is 2.42. The molecule has 1 unspecified atom stereocenters. The number of likely N-dealkylation sites (N-methyl/N-ethyl adjacent to an activating group) is 1. The molecule has 1 saturated heterocycles. The molecule has 2 heterocycles. The molecule has 6 heteroatoms. The summed E-state index contributed by atoms with van der Waals surface area (Å²) in [5, 5.41) is 0. The third kappa shape index (κ3) is 3.37. The van der Waals surface area contributed by atoms with Crippen LogP contribution in [0, 0.1) is 0 Å². The molecule has 1 aromatic rings. The third-order valence-corrected chi connectivity index (χ3v) is 5.99. The van der Waals surface area contributed by atoms with Crippen molar-refractivity contribution in [2.75, 3.05) is 24.6 Å². The van der Waals surface area contributed by atoms with Crippen LogP contribution in [0.4, 0.5) is 0 Å². The summed E-state index contributed by atoms with van der Waals surface area (Å²) in [6.45, 7) is 3.82. The first-order valence-electron chi connectivity index (χ1n) is 7.07. The molecule has 20 heavy (non-hydrogen) atoms. The summed E-state index contributed by atoms with van der Waals surface area (Å²) >= 11 is 0. The standard InChI is InChI=1S/C14H23N3O2S/c1-2-17(10-13-6-3-4-8-16-13)14(11-15)7-5-9-20(18,19)12-14/h3-4,6,8H,2,5,7,9-12,15H2,1H3. The van der Waals surface area contributed by atoms with E-state index >= 15 is 0 Å². The van der Waals surface area contributed by atoms with Gasteiger partial charge >= 0.3 is 0 Å². The summed E-state index contributed by atoms with van der Waals surface area (Å²) in [6.07, 6.45) is 3.29. The number of pyridine rings is 1. The van der Waals surface area contributed by atoms with Crippen LogP contribution in [0.3, 0.4) is 0 Å². The molecular weight excluding hydrogens is 274 g/mol. The minimum atomic E-state index is -2.99. The lowest BCUT2D eigenvalue weighted by atomic mass is 9.92. The van der Waals surface area contributed by atoms with Gasteiger partial charge in [-0.2, -0.15) is 0 Å². The summed E-state index contributed by atoms with van der Waals surface area (Å²) in [6, 6.07) is 5.79. The van der Waals surface area contributed by atoms with Crippen molar-refractivity contribution < 1.29 is 8.42 Å². The second-order valence-electron chi connectivity index (χ2n) is 5.46. The highest BCUT2D eigenvalue weighted by Crippen LogP contribution is 2.29. The molecule has 0 aliphatic carbocycles. The highest BCUT2D eigenvalue weighted by atomic mass is 32.2. The molecule has 1 fully saturated rings. The molecule has 0 bridgehead atoms. The molecule has 0 spiro atoms. The van der Waals surface area contributed by atoms with Crippen LogP contribution >= 0.6 is 0 Å². The van der Waals surface area contributed by atoms with Crippen molar-refractivity contribution in [1.82, 2.24) is 9.88 Å². The zero-order valence-electron chi connectivity index (χ0n) is 12.0. The number of nitrogens with zero attached hydrogens (tertiary/aromatic N) is 2. The van der Waals surface area contributed by atoms with Crippen LogP contribution in [0.2, 0.25) is 0 Å². The van der Waals surface area contributed by atoms with Gasteiger partial charge in [0.2, 0.25) is 0 Å². The number of nitrogens with two attached hydrogens (primary N) is 1. The monoisotopic (exact) mass is 297 g/mol. The van der Waals surface area contributed by atoms with Crippen LogP contribution in [0.5, 0.6) is 0 Å². The van der Waals surface area contributed by atoms with Gasteiger partial charge in [0.05, 0.1) is 17.2 Å². The van der Waals surface area contributed by atoms with Gasteiger partial charge in [0.15, 0.2) is 9.84 Å². The number of rotatable bonds is 5. The van der Waals surface area contributed by atoms with Crippen molar-refractivity contribution >= 4 is 9.84 Å². The molecule has 0 saturated carbocycles. The number of hydrogen-bond donors (Lipinski definition) is 1. The Morgan fingerprint density at radius 3 is 2.80 bits per heavy atom. The third-order valence-electron chi connectivity index (χ3n) is 4.10. The minimum Gasteiger partial charge on any atom is -0.329 e. The SMILES string of the molecule is CCN(Cc1ccccn1)C1(CN)CCCS(=O)(=O)C1. The number of hydrogen-bond acceptors (Lipinski definition) is 5. The lowest BCUT2D eigenvalue weighted by molar-refractivity contribution is 0.0963. The molecule has 5 nitrogen and oxygen atoms in total. The Morgan fingerprint density at radius 1 is 1.45 bits per heavy atom. The van der Waals surface area contributed by atoms with E-state index in [9.17, 15) is 8.42 Å². The quantitative estimate of drug-likeness (QED) is 0.870. The van der Waals surface area contributed by atoms with Crippen molar-refractivity contribution in [2.45, 2.75) is 31.8 Å². The van der Waals surface area contributed by atoms with Crippen molar-refractivity contribution in [3.8, 4) is 0 Å². The normalized spacial score (nSPS) is 25.8. The Labute approximate surface area is 121 Å². The van der Waals surface area contributed by atoms with Crippen molar-refractivity contribution in [3.05, 3.63) is 30.1 Å². The van der Waals surface area contributed by atoms with Gasteiger partial charge in [0.1, 0.15) is 0 Å². The lowest BCUT2D eigenvalue weighted by Crippen LogP contribution is -2.59. The van der Waals surface area contributed by atoms with Crippen LogP contribution in [0.1, 0.15) is 25.5 Å². The van der Waals surface area contributed by atoms with E-state index in [0.717, 1.165) is 18.7 Å². The van der Waals surface area contributed by atoms with Crippen molar-refractivity contribution in [3.63, 3.8) is 0 Å². The Morgan fingerprint density at radius 2 is 2.25 bits per heavy atom. The molecule has 2 N–H and O–H groups in total. The van der Waals surface area contributed by atoms with Gasteiger partial charge in [-0.3, -0.25) is 9.88 Å². The first-order valence-corrected chi connectivity index (χ1v) is 8.89. The van der Waals surface area contributed by atoms with E-state index in [1.165, 1.54) is 0 Å². The van der Waals surface area contributed by atoms with Crippen LogP contribution in [-0.2, 0) is 16.4 Å². The minimum absolute atomic E-state index is 0.164. The van der Waals surface area contributed by atoms with Gasteiger partial charge < -0.3 is 5.73 Å². The first-order chi connectivity index (χ1) is 9.51. The van der Waals surface area contributed by atoms with Crippen LogP contribution < -0.4 is 5.73 Å². The van der Waals surface area contributed by atoms with Crippen molar-refractivity contribution in [2.24, 2.45) is 5.73 Å². The molecule has 0 radical (unpaired) electrons. The molecule has 2 rings (SSSR count). The molecule has 0 amide bonds. The van der Waals surface area contributed by atoms with Crippen LogP contribution in [-0.4, -0.2) is 48.4 Å². The van der Waals surface area contributed by atoms with Gasteiger partial charge in [0, 0.05) is 24.8 Å². The van der Waals surface area contributed by atoms with Crippen LogP contribution in [0.15, 0.2) is 24.4 Å². The zero-order valence-corrected chi connectivity index (χ0v) is 12.8. The van der Waals surface area contributed by atoms with Gasteiger partial charge in [-0.25, -0.2) is 8.42 Å². The lowest BCUT2D eigenvalue weighted by Gasteiger charge is -2.45. The fraction of sp³-hybridized carbons (Fsp3) is 0.643. The van der Waals surface area contributed by atoms with E-state index in [0.29, 0.717) is 19.5 Å². The fourth-order valence-electron chi connectivity index (χ4n) is 3.02. The van der Waals surface area contributed by atoms with Crippen LogP contribution in [0.25, 0.3) is 0 Å². The summed E-state index contributed by atoms with van der Waals surface area (Å²) < 4.78 is 24.0. The molecule has 0 aromatic carbocycles. The summed E-state index contributed by atoms with van der Waals surface area (Å²) in [5.41, 5.74) is 6.47. The molecule has 1 aliphatic heterocycles. The van der Waals surface area contributed by atoms with Gasteiger partial charge in [0.25, 0.3) is 0 Å². The first kappa shape index (κ1) is 15.4. The number of sulfone groups is 1. The van der Waals surface area contributed by atoms with Gasteiger partial charge in [-0.15, -0.1) is 0 Å². The summed E-state index contributed by atoms with van der Waals surface area (Å²) in [7, 11) is -2.99. The predicted octanol–water partition coefficient (Wildman–Crippen LogP) is 0.810. The fourth-order valence-corrected chi connectivity index (χ4v) is 5.01. The molecule has 1 aromatic heterocycles. The highest BCUT2D eigenvalue weighted by molar-refractivity contribution is 7.91.